The van der Waals surface area contributed by atoms with E-state index in [-0.39, 0.29) is 17.9 Å². The lowest BCUT2D eigenvalue weighted by atomic mass is 9.68. The fourth-order valence-electron chi connectivity index (χ4n) is 3.98. The average molecular weight is 291 g/mol. The van der Waals surface area contributed by atoms with Gasteiger partial charge in [0.1, 0.15) is 0 Å². The molecule has 1 N–H and O–H groups in total. The number of nitriles is 1. The minimum Gasteiger partial charge on any atom is -0.352 e. The molecule has 0 aromatic carbocycles. The van der Waals surface area contributed by atoms with Gasteiger partial charge in [-0.2, -0.15) is 5.26 Å². The molecular formula is C17H29N3O. The first-order chi connectivity index (χ1) is 9.81. The van der Waals surface area contributed by atoms with Crippen LogP contribution < -0.4 is 5.32 Å². The highest BCUT2D eigenvalue weighted by molar-refractivity contribution is 5.73. The van der Waals surface area contributed by atoms with Crippen molar-refractivity contribution in [3.05, 3.63) is 0 Å². The number of hydrogen-bond donors (Lipinski definition) is 1. The highest BCUT2D eigenvalue weighted by Gasteiger charge is 2.40. The number of likely N-dealkylation sites (tertiary alicyclic amines) is 1. The molecule has 0 aromatic heterocycles. The van der Waals surface area contributed by atoms with Crippen LogP contribution in [0.3, 0.4) is 0 Å². The Kier molecular flexibility index (Phi) is 4.93. The Hall–Kier alpha value is -1.08. The highest BCUT2D eigenvalue weighted by Crippen LogP contribution is 2.42. The van der Waals surface area contributed by atoms with Gasteiger partial charge in [-0.1, -0.05) is 20.8 Å². The van der Waals surface area contributed by atoms with E-state index in [1.54, 1.807) is 6.92 Å². The molecular weight excluding hydrogens is 262 g/mol. The van der Waals surface area contributed by atoms with Gasteiger partial charge in [0.2, 0.25) is 5.91 Å². The molecule has 0 aromatic rings. The van der Waals surface area contributed by atoms with Gasteiger partial charge in [-0.15, -0.1) is 0 Å². The maximum absolute atomic E-state index is 11.2. The molecule has 4 nitrogen and oxygen atoms in total. The standard InChI is InChI=1S/C17H29N3O/c1-12(21)19-15-7-8-20(11-15)16-9-14(17(2,3)4)6-5-13(16)10-18/h13-16H,5-9,11H2,1-4H3,(H,19,21). The third-order valence-electron chi connectivity index (χ3n) is 5.30. The summed E-state index contributed by atoms with van der Waals surface area (Å²) in [4.78, 5) is 13.7. The molecule has 4 heteroatoms. The third-order valence-corrected chi connectivity index (χ3v) is 5.30. The number of carbonyl (C=O) groups is 1. The second-order valence-corrected chi connectivity index (χ2v) is 7.86. The first kappa shape index (κ1) is 16.3. The van der Waals surface area contributed by atoms with E-state index in [4.69, 9.17) is 0 Å². The van der Waals surface area contributed by atoms with Crippen molar-refractivity contribution in [1.82, 2.24) is 10.2 Å². The van der Waals surface area contributed by atoms with Crippen molar-refractivity contribution in [2.24, 2.45) is 17.3 Å². The van der Waals surface area contributed by atoms with Crippen LogP contribution in [0.4, 0.5) is 0 Å². The summed E-state index contributed by atoms with van der Waals surface area (Å²) >= 11 is 0. The molecule has 1 aliphatic carbocycles. The van der Waals surface area contributed by atoms with E-state index in [1.807, 2.05) is 0 Å². The van der Waals surface area contributed by atoms with Crippen molar-refractivity contribution in [1.29, 1.82) is 5.26 Å². The van der Waals surface area contributed by atoms with E-state index in [0.717, 1.165) is 32.4 Å². The molecule has 2 rings (SSSR count). The lowest BCUT2D eigenvalue weighted by molar-refractivity contribution is -0.119. The lowest BCUT2D eigenvalue weighted by Gasteiger charge is -2.43. The summed E-state index contributed by atoms with van der Waals surface area (Å²) in [5.74, 6) is 0.890. The van der Waals surface area contributed by atoms with Gasteiger partial charge >= 0.3 is 0 Å². The molecule has 0 bridgehead atoms. The van der Waals surface area contributed by atoms with E-state index in [1.165, 1.54) is 6.42 Å². The van der Waals surface area contributed by atoms with Gasteiger partial charge in [0, 0.05) is 32.1 Å². The zero-order valence-corrected chi connectivity index (χ0v) is 13.9. The zero-order valence-electron chi connectivity index (χ0n) is 13.9. The van der Waals surface area contributed by atoms with E-state index >= 15 is 0 Å². The van der Waals surface area contributed by atoms with Gasteiger partial charge in [-0.3, -0.25) is 9.69 Å². The topological polar surface area (TPSA) is 56.1 Å². The van der Waals surface area contributed by atoms with Gasteiger partial charge in [-0.25, -0.2) is 0 Å². The maximum atomic E-state index is 11.2. The third kappa shape index (κ3) is 3.97. The van der Waals surface area contributed by atoms with Crippen LogP contribution in [0.1, 0.15) is 53.4 Å². The summed E-state index contributed by atoms with van der Waals surface area (Å²) < 4.78 is 0. The summed E-state index contributed by atoms with van der Waals surface area (Å²) in [7, 11) is 0. The Morgan fingerprint density at radius 2 is 2.00 bits per heavy atom. The van der Waals surface area contributed by atoms with Crippen LogP contribution in [0.15, 0.2) is 0 Å². The van der Waals surface area contributed by atoms with Crippen LogP contribution >= 0.6 is 0 Å². The Balaban J connectivity index is 2.02. The van der Waals surface area contributed by atoms with Gasteiger partial charge in [-0.05, 0) is 37.0 Å². The minimum absolute atomic E-state index is 0.0508. The number of nitrogens with one attached hydrogen (secondary N) is 1. The maximum Gasteiger partial charge on any atom is 0.217 e. The Bertz CT molecular complexity index is 421. The van der Waals surface area contributed by atoms with Crippen molar-refractivity contribution >= 4 is 5.91 Å². The predicted octanol–water partition coefficient (Wildman–Crippen LogP) is 2.55. The first-order valence-corrected chi connectivity index (χ1v) is 8.22. The SMILES string of the molecule is CC(=O)NC1CCN(C2CC(C(C)(C)C)CCC2C#N)C1. The van der Waals surface area contributed by atoms with Crippen molar-refractivity contribution < 1.29 is 4.79 Å². The van der Waals surface area contributed by atoms with E-state index in [0.29, 0.717) is 17.4 Å². The number of rotatable bonds is 2. The highest BCUT2D eigenvalue weighted by atomic mass is 16.1. The largest absolute Gasteiger partial charge is 0.352 e. The van der Waals surface area contributed by atoms with Crippen molar-refractivity contribution in [2.45, 2.75) is 65.5 Å². The Labute approximate surface area is 128 Å². The number of carbonyl (C=O) groups excluding carboxylic acids is 1. The van der Waals surface area contributed by atoms with Gasteiger partial charge in [0.25, 0.3) is 0 Å². The smallest absolute Gasteiger partial charge is 0.217 e. The summed E-state index contributed by atoms with van der Waals surface area (Å²) in [5.41, 5.74) is 0.315. The fraction of sp³-hybridized carbons (Fsp3) is 0.882. The van der Waals surface area contributed by atoms with E-state index in [2.05, 4.69) is 37.1 Å². The van der Waals surface area contributed by atoms with Crippen molar-refractivity contribution in [3.63, 3.8) is 0 Å². The molecule has 1 heterocycles. The molecule has 1 aliphatic heterocycles. The summed E-state index contributed by atoms with van der Waals surface area (Å²) in [5, 5.41) is 12.5. The first-order valence-electron chi connectivity index (χ1n) is 8.22. The number of hydrogen-bond acceptors (Lipinski definition) is 3. The lowest BCUT2D eigenvalue weighted by Crippen LogP contribution is -2.46. The molecule has 0 spiro atoms. The number of amides is 1. The molecule has 1 saturated heterocycles. The Morgan fingerprint density at radius 1 is 1.29 bits per heavy atom. The van der Waals surface area contributed by atoms with Crippen LogP contribution in [0, 0.1) is 28.6 Å². The monoisotopic (exact) mass is 291 g/mol. The predicted molar refractivity (Wildman–Crippen MR) is 83.5 cm³/mol. The quantitative estimate of drug-likeness (QED) is 0.850. The molecule has 21 heavy (non-hydrogen) atoms. The summed E-state index contributed by atoms with van der Waals surface area (Å²) in [6.07, 6.45) is 4.31. The second kappa shape index (κ2) is 6.36. The van der Waals surface area contributed by atoms with Crippen LogP contribution in [-0.2, 0) is 4.79 Å². The van der Waals surface area contributed by atoms with Crippen molar-refractivity contribution in [2.75, 3.05) is 13.1 Å². The van der Waals surface area contributed by atoms with Gasteiger partial charge in [0.15, 0.2) is 0 Å². The molecule has 1 amide bonds. The van der Waals surface area contributed by atoms with Crippen LogP contribution in [0.25, 0.3) is 0 Å². The number of nitrogens with zero attached hydrogens (tertiary/aromatic N) is 2. The molecule has 0 radical (unpaired) electrons. The van der Waals surface area contributed by atoms with Crippen molar-refractivity contribution in [3.8, 4) is 6.07 Å². The van der Waals surface area contributed by atoms with E-state index in [9.17, 15) is 10.1 Å². The summed E-state index contributed by atoms with van der Waals surface area (Å²) in [6.45, 7) is 10.4. The molecule has 2 fully saturated rings. The van der Waals surface area contributed by atoms with Crippen LogP contribution in [0.5, 0.6) is 0 Å². The molecule has 118 valence electrons. The molecule has 2 aliphatic rings. The fourth-order valence-corrected chi connectivity index (χ4v) is 3.98. The average Bonchev–Trinajstić information content (AvgIpc) is 2.84. The van der Waals surface area contributed by atoms with Crippen LogP contribution in [0.2, 0.25) is 0 Å². The summed E-state index contributed by atoms with van der Waals surface area (Å²) in [6, 6.07) is 3.16. The van der Waals surface area contributed by atoms with Crippen LogP contribution in [-0.4, -0.2) is 36.0 Å². The normalized spacial score (nSPS) is 34.4. The molecule has 4 unspecified atom stereocenters. The minimum atomic E-state index is 0.0508. The molecule has 4 atom stereocenters. The molecule has 1 saturated carbocycles. The Morgan fingerprint density at radius 3 is 2.57 bits per heavy atom. The second-order valence-electron chi connectivity index (χ2n) is 7.86. The van der Waals surface area contributed by atoms with Gasteiger partial charge in [0.05, 0.1) is 12.0 Å². The van der Waals surface area contributed by atoms with Gasteiger partial charge < -0.3 is 5.32 Å². The zero-order chi connectivity index (χ0) is 15.6. The van der Waals surface area contributed by atoms with E-state index < -0.39 is 0 Å².